The smallest absolute Gasteiger partial charge is 0.234 e. The van der Waals surface area contributed by atoms with Crippen molar-refractivity contribution in [1.29, 1.82) is 0 Å². The topological polar surface area (TPSA) is 66.4 Å². The van der Waals surface area contributed by atoms with E-state index in [4.69, 9.17) is 21.2 Å². The van der Waals surface area contributed by atoms with Crippen molar-refractivity contribution in [3.05, 3.63) is 34.9 Å². The van der Waals surface area contributed by atoms with E-state index in [1.807, 2.05) is 24.3 Å². The van der Waals surface area contributed by atoms with E-state index in [2.05, 4.69) is 20.3 Å². The third-order valence-electron chi connectivity index (χ3n) is 4.83. The van der Waals surface area contributed by atoms with E-state index in [-0.39, 0.29) is 12.0 Å². The van der Waals surface area contributed by atoms with Crippen LogP contribution in [0.2, 0.25) is 5.02 Å². The van der Waals surface area contributed by atoms with E-state index >= 15 is 0 Å². The highest BCUT2D eigenvalue weighted by Gasteiger charge is 2.26. The number of halogens is 1. The number of methoxy groups -OCH3 is 1. The third kappa shape index (κ3) is 6.17. The van der Waals surface area contributed by atoms with Crippen LogP contribution in [0.4, 0.5) is 0 Å². The monoisotopic (exact) mass is 394 g/mol. The van der Waals surface area contributed by atoms with Crippen molar-refractivity contribution < 1.29 is 14.4 Å². The molecule has 1 atom stereocenters. The van der Waals surface area contributed by atoms with Gasteiger partial charge in [-0.2, -0.15) is 0 Å². The lowest BCUT2D eigenvalue weighted by Crippen LogP contribution is -2.51. The first-order valence-electron chi connectivity index (χ1n) is 9.33. The zero-order valence-corrected chi connectivity index (χ0v) is 16.5. The van der Waals surface area contributed by atoms with Crippen molar-refractivity contribution in [3.63, 3.8) is 0 Å². The SMILES string of the molecule is COCCNC(=O)CN1CCN(C[C@H]2CC(c3ccc(Cl)cc3)=NO2)CC1. The Morgan fingerprint density at radius 2 is 1.96 bits per heavy atom. The van der Waals surface area contributed by atoms with Gasteiger partial charge in [0.15, 0.2) is 0 Å². The molecule has 0 spiro atoms. The Morgan fingerprint density at radius 3 is 2.67 bits per heavy atom. The fourth-order valence-corrected chi connectivity index (χ4v) is 3.43. The molecule has 1 amide bonds. The first-order chi connectivity index (χ1) is 13.1. The predicted octanol–water partition coefficient (Wildman–Crippen LogP) is 1.21. The molecule has 3 rings (SSSR count). The number of nitrogens with one attached hydrogen (secondary N) is 1. The van der Waals surface area contributed by atoms with Gasteiger partial charge < -0.3 is 14.9 Å². The lowest BCUT2D eigenvalue weighted by molar-refractivity contribution is -0.122. The molecule has 27 heavy (non-hydrogen) atoms. The Kier molecular flexibility index (Phi) is 7.46. The number of hydrogen-bond acceptors (Lipinski definition) is 6. The number of carbonyl (C=O) groups excluding carboxylic acids is 1. The van der Waals surface area contributed by atoms with Crippen molar-refractivity contribution in [2.45, 2.75) is 12.5 Å². The van der Waals surface area contributed by atoms with Gasteiger partial charge in [-0.15, -0.1) is 0 Å². The summed E-state index contributed by atoms with van der Waals surface area (Å²) in [6.45, 7) is 6.04. The molecule has 0 unspecified atom stereocenters. The Labute approximate surface area is 165 Å². The first kappa shape index (κ1) is 20.1. The average Bonchev–Trinajstić information content (AvgIpc) is 3.13. The molecule has 148 valence electrons. The molecule has 1 N–H and O–H groups in total. The normalized spacial score (nSPS) is 21.0. The molecule has 0 radical (unpaired) electrons. The van der Waals surface area contributed by atoms with Crippen LogP contribution < -0.4 is 5.32 Å². The highest BCUT2D eigenvalue weighted by Crippen LogP contribution is 2.19. The van der Waals surface area contributed by atoms with Crippen LogP contribution in [0.25, 0.3) is 0 Å². The number of nitrogens with zero attached hydrogens (tertiary/aromatic N) is 3. The summed E-state index contributed by atoms with van der Waals surface area (Å²) >= 11 is 5.94. The van der Waals surface area contributed by atoms with E-state index in [0.717, 1.165) is 55.4 Å². The summed E-state index contributed by atoms with van der Waals surface area (Å²) in [4.78, 5) is 22.1. The van der Waals surface area contributed by atoms with Crippen LogP contribution in [0, 0.1) is 0 Å². The van der Waals surface area contributed by atoms with Gasteiger partial charge in [-0.1, -0.05) is 28.9 Å². The number of rotatable bonds is 8. The number of oxime groups is 1. The largest absolute Gasteiger partial charge is 0.390 e. The lowest BCUT2D eigenvalue weighted by Gasteiger charge is -2.34. The molecule has 1 fully saturated rings. The fourth-order valence-electron chi connectivity index (χ4n) is 3.31. The molecule has 1 aromatic rings. The maximum absolute atomic E-state index is 11.9. The van der Waals surface area contributed by atoms with Crippen LogP contribution in [0.1, 0.15) is 12.0 Å². The standard InChI is InChI=1S/C19H27ClN4O3/c1-26-11-6-21-19(25)14-24-9-7-23(8-10-24)13-17-12-18(22-27-17)15-2-4-16(20)5-3-15/h2-5,17H,6-14H2,1H3,(H,21,25)/t17-/m1/s1. The van der Waals surface area contributed by atoms with Gasteiger partial charge in [0.1, 0.15) is 6.10 Å². The second-order valence-corrected chi connectivity index (χ2v) is 7.33. The molecule has 2 aliphatic rings. The maximum Gasteiger partial charge on any atom is 0.234 e. The average molecular weight is 395 g/mol. The van der Waals surface area contributed by atoms with E-state index in [9.17, 15) is 4.79 Å². The van der Waals surface area contributed by atoms with E-state index in [1.165, 1.54) is 0 Å². The van der Waals surface area contributed by atoms with E-state index < -0.39 is 0 Å². The third-order valence-corrected chi connectivity index (χ3v) is 5.08. The molecule has 2 aliphatic heterocycles. The van der Waals surface area contributed by atoms with Crippen molar-refractivity contribution in [3.8, 4) is 0 Å². The van der Waals surface area contributed by atoms with Gasteiger partial charge in [0.2, 0.25) is 5.91 Å². The van der Waals surface area contributed by atoms with Crippen LogP contribution >= 0.6 is 11.6 Å². The van der Waals surface area contributed by atoms with Gasteiger partial charge in [0.05, 0.1) is 18.9 Å². The molecule has 1 aromatic carbocycles. The number of amides is 1. The molecule has 8 heteroatoms. The highest BCUT2D eigenvalue weighted by molar-refractivity contribution is 6.30. The number of benzene rings is 1. The van der Waals surface area contributed by atoms with Gasteiger partial charge in [-0.05, 0) is 17.7 Å². The lowest BCUT2D eigenvalue weighted by atomic mass is 10.0. The zero-order valence-electron chi connectivity index (χ0n) is 15.7. The molecule has 2 heterocycles. The van der Waals surface area contributed by atoms with Crippen molar-refractivity contribution in [2.75, 3.05) is 59.5 Å². The van der Waals surface area contributed by atoms with Gasteiger partial charge >= 0.3 is 0 Å². The van der Waals surface area contributed by atoms with Gasteiger partial charge in [-0.3, -0.25) is 14.6 Å². The Bertz CT molecular complexity index is 645. The predicted molar refractivity (Wildman–Crippen MR) is 105 cm³/mol. The van der Waals surface area contributed by atoms with Crippen molar-refractivity contribution in [2.24, 2.45) is 5.16 Å². The molecule has 0 saturated carbocycles. The van der Waals surface area contributed by atoms with Crippen LogP contribution in [0.15, 0.2) is 29.4 Å². The van der Waals surface area contributed by atoms with Crippen LogP contribution in [0.5, 0.6) is 0 Å². The zero-order chi connectivity index (χ0) is 19.1. The summed E-state index contributed by atoms with van der Waals surface area (Å²) in [5.74, 6) is 0.0561. The number of hydrogen-bond donors (Lipinski definition) is 1. The van der Waals surface area contributed by atoms with Gasteiger partial charge in [-0.25, -0.2) is 0 Å². The second kappa shape index (κ2) is 10.0. The summed E-state index contributed by atoms with van der Waals surface area (Å²) in [5, 5.41) is 7.83. The minimum Gasteiger partial charge on any atom is -0.390 e. The van der Waals surface area contributed by atoms with Crippen molar-refractivity contribution >= 4 is 23.2 Å². The molecule has 1 saturated heterocycles. The molecule has 0 aromatic heterocycles. The summed E-state index contributed by atoms with van der Waals surface area (Å²) in [5.41, 5.74) is 2.04. The molecular weight excluding hydrogens is 368 g/mol. The first-order valence-corrected chi connectivity index (χ1v) is 9.71. The summed E-state index contributed by atoms with van der Waals surface area (Å²) < 4.78 is 4.94. The molecule has 7 nitrogen and oxygen atoms in total. The van der Waals surface area contributed by atoms with Crippen LogP contribution in [-0.4, -0.2) is 87.1 Å². The fraction of sp³-hybridized carbons (Fsp3) is 0.579. The van der Waals surface area contributed by atoms with Gasteiger partial charge in [0, 0.05) is 57.8 Å². The minimum atomic E-state index is 0.0561. The van der Waals surface area contributed by atoms with E-state index in [0.29, 0.717) is 19.7 Å². The number of ether oxygens (including phenoxy) is 1. The maximum atomic E-state index is 11.9. The molecule has 0 bridgehead atoms. The number of piperazine rings is 1. The summed E-state index contributed by atoms with van der Waals surface area (Å²) in [6, 6.07) is 7.70. The molecular formula is C19H27ClN4O3. The Balaban J connectivity index is 1.35. The number of carbonyl (C=O) groups is 1. The molecule has 0 aliphatic carbocycles. The Hall–Kier alpha value is -1.67. The summed E-state index contributed by atoms with van der Waals surface area (Å²) in [7, 11) is 1.63. The van der Waals surface area contributed by atoms with Gasteiger partial charge in [0.25, 0.3) is 0 Å². The second-order valence-electron chi connectivity index (χ2n) is 6.90. The minimum absolute atomic E-state index is 0.0561. The quantitative estimate of drug-likeness (QED) is 0.671. The van der Waals surface area contributed by atoms with E-state index in [1.54, 1.807) is 7.11 Å². The Morgan fingerprint density at radius 1 is 1.26 bits per heavy atom. The van der Waals surface area contributed by atoms with Crippen LogP contribution in [0.3, 0.4) is 0 Å². The van der Waals surface area contributed by atoms with Crippen LogP contribution in [-0.2, 0) is 14.4 Å². The highest BCUT2D eigenvalue weighted by atomic mass is 35.5. The van der Waals surface area contributed by atoms with Crippen molar-refractivity contribution in [1.82, 2.24) is 15.1 Å². The summed E-state index contributed by atoms with van der Waals surface area (Å²) in [6.07, 6.45) is 0.892.